The maximum Gasteiger partial charge on any atom is 2.00 e. The molecule has 6 heteroatoms. The smallest absolute Gasteiger partial charge is 0.657 e. The molecule has 0 amide bonds. The molecular formula is C38H46N4NiO. The third-order valence-electron chi connectivity index (χ3n) is 9.34. The van der Waals surface area contributed by atoms with Crippen LogP contribution in [-0.2, 0) is 53.4 Å². The molecule has 0 unspecified atom stereocenters. The maximum absolute atomic E-state index is 12.2. The molecule has 0 spiro atoms. The molecule has 3 aromatic rings. The van der Waals surface area contributed by atoms with Crippen molar-refractivity contribution < 1.29 is 21.3 Å². The molecule has 5 rings (SSSR count). The number of nitrogens with zero attached hydrogens (tertiary/aromatic N) is 4. The molecule has 0 saturated heterocycles. The normalized spacial score (nSPS) is 13.1. The van der Waals surface area contributed by atoms with Crippen LogP contribution < -0.4 is 9.97 Å². The third kappa shape index (κ3) is 5.55. The fourth-order valence-electron chi connectivity index (χ4n) is 7.38. The van der Waals surface area contributed by atoms with Crippen molar-refractivity contribution in [3.05, 3.63) is 68.8 Å². The summed E-state index contributed by atoms with van der Waals surface area (Å²) in [5, 5.41) is 0. The zero-order chi connectivity index (χ0) is 30.8. The van der Waals surface area contributed by atoms with Crippen LogP contribution in [0, 0.1) is 0 Å². The Hall–Kier alpha value is -3.24. The molecule has 0 aliphatic carbocycles. The Balaban J connectivity index is 0.00000442. The van der Waals surface area contributed by atoms with Gasteiger partial charge >= 0.3 is 16.5 Å². The van der Waals surface area contributed by atoms with Gasteiger partial charge in [-0.15, -0.1) is 22.1 Å². The fourth-order valence-corrected chi connectivity index (χ4v) is 7.38. The van der Waals surface area contributed by atoms with Gasteiger partial charge in [-0.2, -0.15) is 0 Å². The van der Waals surface area contributed by atoms with Crippen LogP contribution in [0.4, 0.5) is 0 Å². The number of carbonyl (C=O) groups is 1. The minimum Gasteiger partial charge on any atom is -0.657 e. The number of fused-ring (bicyclic) bond motifs is 8. The van der Waals surface area contributed by atoms with E-state index in [1.807, 2.05) is 0 Å². The second-order valence-corrected chi connectivity index (χ2v) is 11.4. The van der Waals surface area contributed by atoms with Crippen molar-refractivity contribution in [3.63, 3.8) is 0 Å². The fraction of sp³-hybridized carbons (Fsp3) is 0.447. The number of hydrogen-bond donors (Lipinski definition) is 0. The van der Waals surface area contributed by atoms with Crippen LogP contribution in [0.15, 0.2) is 18.2 Å². The average Bonchev–Trinajstić information content (AvgIpc) is 3.74. The Morgan fingerprint density at radius 2 is 0.932 bits per heavy atom. The van der Waals surface area contributed by atoms with E-state index in [0.717, 1.165) is 108 Å². The molecule has 2 aliphatic heterocycles. The van der Waals surface area contributed by atoms with Crippen molar-refractivity contribution in [1.29, 1.82) is 0 Å². The number of aromatic nitrogens is 4. The second-order valence-electron chi connectivity index (χ2n) is 11.4. The van der Waals surface area contributed by atoms with Gasteiger partial charge in [-0.1, -0.05) is 95.8 Å². The molecule has 0 atom stereocenters. The summed E-state index contributed by atoms with van der Waals surface area (Å²) in [6.07, 6.45) is 8.35. The predicted molar refractivity (Wildman–Crippen MR) is 181 cm³/mol. The Labute approximate surface area is 273 Å². The molecule has 0 aromatic carbocycles. The molecule has 5 heterocycles. The van der Waals surface area contributed by atoms with E-state index in [2.05, 4.69) is 73.6 Å². The van der Waals surface area contributed by atoms with Crippen molar-refractivity contribution in [2.45, 2.75) is 113 Å². The number of aryl methyl sites for hydroxylation is 4. The van der Waals surface area contributed by atoms with Gasteiger partial charge in [0.15, 0.2) is 0 Å². The SMILES string of the molecule is CCC1=C(CC)c2cc3[n-]c(c(CC=O)c4nc(cc5[n-]c(cc1n2)c(CC)c5CC)C(CC)=C4CC)c(CC)c3CC.[Ni+2]. The predicted octanol–water partition coefficient (Wildman–Crippen LogP) is 9.02. The molecule has 234 valence electrons. The molecular weight excluding hydrogens is 587 g/mol. The largest absolute Gasteiger partial charge is 2.00 e. The summed E-state index contributed by atoms with van der Waals surface area (Å²) in [5.74, 6) is 0. The average molecular weight is 634 g/mol. The van der Waals surface area contributed by atoms with E-state index in [4.69, 9.17) is 19.9 Å². The topological polar surface area (TPSA) is 71.1 Å². The van der Waals surface area contributed by atoms with Crippen LogP contribution in [0.3, 0.4) is 0 Å². The number of aldehydes is 1. The van der Waals surface area contributed by atoms with Crippen molar-refractivity contribution in [2.24, 2.45) is 0 Å². The van der Waals surface area contributed by atoms with Gasteiger partial charge in [0.2, 0.25) is 0 Å². The molecule has 0 radical (unpaired) electrons. The van der Waals surface area contributed by atoms with Gasteiger partial charge < -0.3 is 14.8 Å². The van der Waals surface area contributed by atoms with Crippen LogP contribution in [0.25, 0.3) is 44.4 Å². The second kappa shape index (κ2) is 14.2. The van der Waals surface area contributed by atoms with E-state index in [1.165, 1.54) is 44.5 Å². The van der Waals surface area contributed by atoms with E-state index in [1.54, 1.807) is 0 Å². The molecule has 5 nitrogen and oxygen atoms in total. The standard InChI is InChI=1S/C38H46N4O.Ni/c1-9-22-24(11-3)33-20-35-26(13-5)28(15-7)37(41-35)30(17-18-43)38-29(16-8)27(14-6)36(42-38)21-34-25(12-4)23(10-2)32(40-34)19-31(22)39-33;/h18-21H,9-17H2,1-8H3;/q-2;+2. The number of carbonyl (C=O) groups excluding carboxylic acids is 1. The van der Waals surface area contributed by atoms with Gasteiger partial charge in [0, 0.05) is 6.42 Å². The minimum atomic E-state index is 0. The number of rotatable bonds is 10. The number of hydrogen-bond acceptors (Lipinski definition) is 3. The van der Waals surface area contributed by atoms with Gasteiger partial charge in [0.25, 0.3) is 0 Å². The first-order valence-electron chi connectivity index (χ1n) is 16.5. The van der Waals surface area contributed by atoms with Crippen molar-refractivity contribution in [3.8, 4) is 0 Å². The first kappa shape index (κ1) is 33.7. The van der Waals surface area contributed by atoms with Gasteiger partial charge in [0.05, 0.1) is 22.8 Å². The van der Waals surface area contributed by atoms with Crippen LogP contribution in [0.2, 0.25) is 0 Å². The molecule has 0 fully saturated rings. The molecule has 2 aliphatic rings. The summed E-state index contributed by atoms with van der Waals surface area (Å²) < 4.78 is 0. The van der Waals surface area contributed by atoms with E-state index in [9.17, 15) is 4.79 Å². The summed E-state index contributed by atoms with van der Waals surface area (Å²) in [5.41, 5.74) is 18.9. The molecule has 8 bridgehead atoms. The molecule has 0 saturated carbocycles. The van der Waals surface area contributed by atoms with Gasteiger partial charge in [-0.25, -0.2) is 9.97 Å². The van der Waals surface area contributed by atoms with Gasteiger partial charge in [-0.3, -0.25) is 0 Å². The van der Waals surface area contributed by atoms with Crippen molar-refractivity contribution >= 4 is 50.6 Å². The van der Waals surface area contributed by atoms with Gasteiger partial charge in [-0.05, 0) is 79.2 Å². The van der Waals surface area contributed by atoms with E-state index in [0.29, 0.717) is 0 Å². The van der Waals surface area contributed by atoms with E-state index < -0.39 is 0 Å². The summed E-state index contributed by atoms with van der Waals surface area (Å²) in [6, 6.07) is 6.61. The van der Waals surface area contributed by atoms with Crippen LogP contribution >= 0.6 is 0 Å². The summed E-state index contributed by atoms with van der Waals surface area (Å²) in [4.78, 5) is 33.4. The zero-order valence-corrected chi connectivity index (χ0v) is 28.7. The van der Waals surface area contributed by atoms with Crippen LogP contribution in [0.5, 0.6) is 0 Å². The first-order valence-corrected chi connectivity index (χ1v) is 16.5. The van der Waals surface area contributed by atoms with Crippen LogP contribution in [0.1, 0.15) is 132 Å². The Morgan fingerprint density at radius 1 is 0.523 bits per heavy atom. The van der Waals surface area contributed by atoms with E-state index in [-0.39, 0.29) is 22.9 Å². The first-order chi connectivity index (χ1) is 20.9. The Morgan fingerprint density at radius 3 is 1.36 bits per heavy atom. The summed E-state index contributed by atoms with van der Waals surface area (Å²) in [6.45, 7) is 17.7. The van der Waals surface area contributed by atoms with Crippen molar-refractivity contribution in [1.82, 2.24) is 19.9 Å². The Kier molecular flexibility index (Phi) is 10.9. The molecule has 3 aromatic heterocycles. The molecule has 44 heavy (non-hydrogen) atoms. The summed E-state index contributed by atoms with van der Waals surface area (Å²) >= 11 is 0. The summed E-state index contributed by atoms with van der Waals surface area (Å²) in [7, 11) is 0. The van der Waals surface area contributed by atoms with Gasteiger partial charge in [0.1, 0.15) is 6.29 Å². The quantitative estimate of drug-likeness (QED) is 0.165. The zero-order valence-electron chi connectivity index (χ0n) is 27.7. The van der Waals surface area contributed by atoms with E-state index >= 15 is 0 Å². The number of allylic oxidation sites excluding steroid dienone is 4. The Bertz CT molecular complexity index is 1800. The minimum absolute atomic E-state index is 0. The third-order valence-corrected chi connectivity index (χ3v) is 9.34. The van der Waals surface area contributed by atoms with Crippen LogP contribution in [-0.4, -0.2) is 16.3 Å². The molecule has 0 N–H and O–H groups in total. The van der Waals surface area contributed by atoms with Crippen molar-refractivity contribution in [2.75, 3.05) is 0 Å². The maximum atomic E-state index is 12.2. The monoisotopic (exact) mass is 632 g/mol.